The second-order valence-electron chi connectivity index (χ2n) is 8.27. The van der Waals surface area contributed by atoms with Crippen LogP contribution in [0.4, 0.5) is 0 Å². The molecule has 2 fully saturated rings. The van der Waals surface area contributed by atoms with E-state index in [1.54, 1.807) is 0 Å². The largest absolute Gasteiger partial charge is 0.310 e. The van der Waals surface area contributed by atoms with Crippen molar-refractivity contribution in [2.45, 2.75) is 98.1 Å². The first-order valence-electron chi connectivity index (χ1n) is 8.66. The van der Waals surface area contributed by atoms with E-state index >= 15 is 0 Å². The molecule has 2 saturated carbocycles. The molecule has 4 atom stereocenters. The summed E-state index contributed by atoms with van der Waals surface area (Å²) in [6.07, 6.45) is 11.3. The number of hydrogen-bond acceptors (Lipinski definition) is 1. The molecule has 0 aliphatic heterocycles. The predicted octanol–water partition coefficient (Wildman–Crippen LogP) is 5.15. The third-order valence-electron chi connectivity index (χ3n) is 6.21. The molecule has 0 spiro atoms. The Balaban J connectivity index is 1.84. The van der Waals surface area contributed by atoms with Crippen LogP contribution in [0.3, 0.4) is 0 Å². The van der Waals surface area contributed by atoms with Crippen molar-refractivity contribution in [2.75, 3.05) is 0 Å². The van der Waals surface area contributed by atoms with E-state index in [-0.39, 0.29) is 0 Å². The van der Waals surface area contributed by atoms with Crippen LogP contribution in [0.25, 0.3) is 0 Å². The van der Waals surface area contributed by atoms with Crippen LogP contribution in [0, 0.1) is 16.7 Å². The highest BCUT2D eigenvalue weighted by molar-refractivity contribution is 5.12. The highest BCUT2D eigenvalue weighted by atomic mass is 15.0. The third-order valence-corrected chi connectivity index (χ3v) is 6.21. The Hall–Kier alpha value is -0.0400. The predicted molar refractivity (Wildman–Crippen MR) is 84.4 cm³/mol. The molecule has 0 aromatic rings. The molecule has 2 aliphatic carbocycles. The van der Waals surface area contributed by atoms with E-state index in [1.807, 2.05) is 0 Å². The van der Waals surface area contributed by atoms with Crippen LogP contribution in [0.2, 0.25) is 0 Å². The molecule has 0 amide bonds. The van der Waals surface area contributed by atoms with Gasteiger partial charge in [-0.3, -0.25) is 0 Å². The molecule has 2 aliphatic rings. The number of unbranched alkanes of at least 4 members (excludes halogenated alkanes) is 3. The maximum absolute atomic E-state index is 4.02. The Bertz CT molecular complexity index is 291. The summed E-state index contributed by atoms with van der Waals surface area (Å²) in [6, 6.07) is 1.43. The molecular formula is C18H35N. The molecule has 2 rings (SSSR count). The van der Waals surface area contributed by atoms with E-state index in [4.69, 9.17) is 0 Å². The molecule has 0 saturated heterocycles. The van der Waals surface area contributed by atoms with Gasteiger partial charge in [0, 0.05) is 12.1 Å². The Kier molecular flexibility index (Phi) is 4.65. The second kappa shape index (κ2) is 5.76. The Labute approximate surface area is 120 Å². The van der Waals surface area contributed by atoms with Crippen molar-refractivity contribution in [3.8, 4) is 0 Å². The van der Waals surface area contributed by atoms with E-state index in [0.29, 0.717) is 16.9 Å². The second-order valence-corrected chi connectivity index (χ2v) is 8.27. The zero-order valence-electron chi connectivity index (χ0n) is 13.9. The number of fused-ring (bicyclic) bond motifs is 2. The number of rotatable bonds is 7. The summed E-state index contributed by atoms with van der Waals surface area (Å²) in [4.78, 5) is 0. The lowest BCUT2D eigenvalue weighted by Crippen LogP contribution is -2.53. The topological polar surface area (TPSA) is 12.0 Å². The van der Waals surface area contributed by atoms with Gasteiger partial charge in [0.05, 0.1) is 0 Å². The molecule has 1 N–H and O–H groups in total. The van der Waals surface area contributed by atoms with Gasteiger partial charge in [0.1, 0.15) is 0 Å². The van der Waals surface area contributed by atoms with Gasteiger partial charge in [-0.15, -0.1) is 0 Å². The van der Waals surface area contributed by atoms with Crippen molar-refractivity contribution in [1.82, 2.24) is 5.32 Å². The van der Waals surface area contributed by atoms with Gasteiger partial charge in [0.2, 0.25) is 0 Å². The van der Waals surface area contributed by atoms with Crippen molar-refractivity contribution in [1.29, 1.82) is 0 Å². The zero-order chi connectivity index (χ0) is 14.1. The fraction of sp³-hybridized carbons (Fsp3) is 1.00. The van der Waals surface area contributed by atoms with Crippen LogP contribution in [-0.2, 0) is 0 Å². The fourth-order valence-corrected chi connectivity index (χ4v) is 4.96. The van der Waals surface area contributed by atoms with Crippen LogP contribution < -0.4 is 5.32 Å². The summed E-state index contributed by atoms with van der Waals surface area (Å²) in [5.74, 6) is 0.960. The van der Waals surface area contributed by atoms with E-state index < -0.39 is 0 Å². The van der Waals surface area contributed by atoms with Crippen molar-refractivity contribution in [3.05, 3.63) is 0 Å². The molecule has 1 heteroatoms. The lowest BCUT2D eigenvalue weighted by Gasteiger charge is -2.44. The molecule has 0 aromatic carbocycles. The smallest absolute Gasteiger partial charge is 0.0177 e. The summed E-state index contributed by atoms with van der Waals surface area (Å²) >= 11 is 0. The minimum Gasteiger partial charge on any atom is -0.310 e. The van der Waals surface area contributed by atoms with Gasteiger partial charge >= 0.3 is 0 Å². The Morgan fingerprint density at radius 1 is 1.16 bits per heavy atom. The van der Waals surface area contributed by atoms with Crippen LogP contribution in [0.5, 0.6) is 0 Å². The van der Waals surface area contributed by atoms with Gasteiger partial charge in [-0.05, 0) is 49.4 Å². The van der Waals surface area contributed by atoms with Gasteiger partial charge in [0.25, 0.3) is 0 Å². The summed E-state index contributed by atoms with van der Waals surface area (Å²) in [5.41, 5.74) is 1.08. The summed E-state index contributed by atoms with van der Waals surface area (Å²) in [7, 11) is 0. The van der Waals surface area contributed by atoms with Crippen molar-refractivity contribution < 1.29 is 0 Å². The fourth-order valence-electron chi connectivity index (χ4n) is 4.96. The summed E-state index contributed by atoms with van der Waals surface area (Å²) in [5, 5.41) is 4.02. The maximum atomic E-state index is 4.02. The monoisotopic (exact) mass is 265 g/mol. The summed E-state index contributed by atoms with van der Waals surface area (Å²) in [6.45, 7) is 12.2. The van der Waals surface area contributed by atoms with E-state index in [2.05, 4.69) is 39.9 Å². The maximum Gasteiger partial charge on any atom is 0.0177 e. The van der Waals surface area contributed by atoms with Crippen molar-refractivity contribution in [3.63, 3.8) is 0 Å². The highest BCUT2D eigenvalue weighted by Crippen LogP contribution is 2.62. The quantitative estimate of drug-likeness (QED) is 0.628. The molecular weight excluding hydrogens is 230 g/mol. The zero-order valence-corrected chi connectivity index (χ0v) is 13.9. The molecule has 19 heavy (non-hydrogen) atoms. The molecule has 2 bridgehead atoms. The average molecular weight is 265 g/mol. The van der Waals surface area contributed by atoms with Gasteiger partial charge in [-0.25, -0.2) is 0 Å². The number of nitrogens with one attached hydrogen (secondary N) is 1. The lowest BCUT2D eigenvalue weighted by molar-refractivity contribution is 0.0988. The molecule has 2 unspecified atom stereocenters. The van der Waals surface area contributed by atoms with Crippen LogP contribution in [-0.4, -0.2) is 12.1 Å². The third kappa shape index (κ3) is 3.01. The average Bonchev–Trinajstić information content (AvgIpc) is 2.82. The van der Waals surface area contributed by atoms with E-state index in [0.717, 1.165) is 12.0 Å². The van der Waals surface area contributed by atoms with Crippen LogP contribution in [0.1, 0.15) is 86.0 Å². The van der Waals surface area contributed by atoms with Gasteiger partial charge < -0.3 is 5.32 Å². The lowest BCUT2D eigenvalue weighted by atomic mass is 9.68. The van der Waals surface area contributed by atoms with Gasteiger partial charge in [0.15, 0.2) is 0 Å². The van der Waals surface area contributed by atoms with E-state index in [9.17, 15) is 0 Å². The van der Waals surface area contributed by atoms with Crippen molar-refractivity contribution >= 4 is 0 Å². The van der Waals surface area contributed by atoms with Crippen molar-refractivity contribution in [2.24, 2.45) is 16.7 Å². The summed E-state index contributed by atoms with van der Waals surface area (Å²) < 4.78 is 0. The minimum absolute atomic E-state index is 0.505. The SMILES string of the molecule is CCCCCCC(C)NC1C(C)(C)[C@H]2CC[C@]1(C)C2. The number of hydrogen-bond donors (Lipinski definition) is 1. The first-order valence-corrected chi connectivity index (χ1v) is 8.66. The van der Waals surface area contributed by atoms with Crippen LogP contribution in [0.15, 0.2) is 0 Å². The van der Waals surface area contributed by atoms with E-state index in [1.165, 1.54) is 51.4 Å². The first-order chi connectivity index (χ1) is 8.90. The normalized spacial score (nSPS) is 37.7. The van der Waals surface area contributed by atoms with Gasteiger partial charge in [-0.2, -0.15) is 0 Å². The molecule has 0 heterocycles. The molecule has 0 aromatic heterocycles. The standard InChI is InChI=1S/C18H35N/c1-6-7-8-9-10-14(2)19-16-17(3,4)15-11-12-18(16,5)13-15/h14-16,19H,6-13H2,1-5H3/t14?,15-,16?,18+/m0/s1. The molecule has 0 radical (unpaired) electrons. The highest BCUT2D eigenvalue weighted by Gasteiger charge is 2.59. The Morgan fingerprint density at radius 3 is 2.47 bits per heavy atom. The van der Waals surface area contributed by atoms with Crippen LogP contribution >= 0.6 is 0 Å². The minimum atomic E-state index is 0.505. The molecule has 1 nitrogen and oxygen atoms in total. The first kappa shape index (κ1) is 15.4. The molecule has 112 valence electrons. The van der Waals surface area contributed by atoms with Gasteiger partial charge in [-0.1, -0.05) is 53.4 Å². The Morgan fingerprint density at radius 2 is 1.89 bits per heavy atom.